The third-order valence-corrected chi connectivity index (χ3v) is 3.45. The van der Waals surface area contributed by atoms with Gasteiger partial charge in [-0.25, -0.2) is 4.39 Å². The van der Waals surface area contributed by atoms with Crippen molar-refractivity contribution in [3.63, 3.8) is 0 Å². The van der Waals surface area contributed by atoms with Crippen LogP contribution in [0.4, 0.5) is 4.39 Å². The van der Waals surface area contributed by atoms with Crippen LogP contribution in [0.5, 0.6) is 0 Å². The molecule has 2 atom stereocenters. The molecule has 0 aliphatic heterocycles. The van der Waals surface area contributed by atoms with E-state index in [0.29, 0.717) is 6.42 Å². The molecular weight excluding hydrogens is 187 g/mol. The Morgan fingerprint density at radius 2 is 2.08 bits per heavy atom. The number of hydrogen-bond donors (Lipinski definition) is 2. The summed E-state index contributed by atoms with van der Waals surface area (Å²) in [6, 6.07) is 0. The molecule has 0 fully saturated rings. The lowest BCUT2D eigenvalue weighted by atomic mass is 9.90. The van der Waals surface area contributed by atoms with Crippen LogP contribution < -0.4 is 11.5 Å². The van der Waals surface area contributed by atoms with Gasteiger partial charge in [0, 0.05) is 6.42 Å². The molecule has 0 amide bonds. The molecule has 0 saturated heterocycles. The Labute approximate surface area is 82.9 Å². The zero-order chi connectivity index (χ0) is 10.0. The van der Waals surface area contributed by atoms with Crippen LogP contribution in [0.3, 0.4) is 0 Å². The summed E-state index contributed by atoms with van der Waals surface area (Å²) in [5.41, 5.74) is 11.7. The molecule has 1 aliphatic rings. The number of hydrogen-bond acceptors (Lipinski definition) is 3. The number of halogens is 1. The van der Waals surface area contributed by atoms with E-state index < -0.39 is 6.17 Å². The van der Waals surface area contributed by atoms with E-state index in [1.807, 2.05) is 13.8 Å². The van der Waals surface area contributed by atoms with Crippen LogP contribution in [-0.2, 0) is 0 Å². The first-order chi connectivity index (χ1) is 6.00. The molecule has 0 spiro atoms. The fourth-order valence-electron chi connectivity index (χ4n) is 1.52. The van der Waals surface area contributed by atoms with E-state index in [-0.39, 0.29) is 11.4 Å². The van der Waals surface area contributed by atoms with E-state index in [4.69, 9.17) is 11.5 Å². The highest BCUT2D eigenvalue weighted by atomic mass is 32.2. The van der Waals surface area contributed by atoms with Gasteiger partial charge in [0.15, 0.2) is 0 Å². The lowest BCUT2D eigenvalue weighted by molar-refractivity contribution is 0.230. The van der Waals surface area contributed by atoms with E-state index in [0.717, 1.165) is 12.0 Å². The Morgan fingerprint density at radius 3 is 2.62 bits per heavy atom. The van der Waals surface area contributed by atoms with Crippen molar-refractivity contribution in [2.24, 2.45) is 17.4 Å². The molecule has 0 aromatic rings. The predicted molar refractivity (Wildman–Crippen MR) is 55.7 cm³/mol. The summed E-state index contributed by atoms with van der Waals surface area (Å²) in [6.45, 7) is 3.89. The normalized spacial score (nSPS) is 30.0. The zero-order valence-corrected chi connectivity index (χ0v) is 8.90. The van der Waals surface area contributed by atoms with Crippen molar-refractivity contribution in [2.75, 3.05) is 0 Å². The topological polar surface area (TPSA) is 52.0 Å². The summed E-state index contributed by atoms with van der Waals surface area (Å²) in [5.74, 6) is 0.102. The number of rotatable bonds is 2. The van der Waals surface area contributed by atoms with Gasteiger partial charge in [0.05, 0.1) is 0 Å². The van der Waals surface area contributed by atoms with Gasteiger partial charge in [-0.05, 0) is 24.2 Å². The van der Waals surface area contributed by atoms with Gasteiger partial charge in [0.1, 0.15) is 11.7 Å². The minimum atomic E-state index is -0.696. The first kappa shape index (κ1) is 11.0. The van der Waals surface area contributed by atoms with Gasteiger partial charge < -0.3 is 11.5 Å². The first-order valence-electron chi connectivity index (χ1n) is 4.51. The Kier molecular flexibility index (Phi) is 3.76. The number of thioether (sulfide) groups is 1. The van der Waals surface area contributed by atoms with Crippen molar-refractivity contribution in [1.82, 2.24) is 0 Å². The van der Waals surface area contributed by atoms with Gasteiger partial charge in [-0.3, -0.25) is 0 Å². The summed E-state index contributed by atoms with van der Waals surface area (Å²) >= 11 is 1.46. The minimum Gasteiger partial charge on any atom is -0.307 e. The van der Waals surface area contributed by atoms with Gasteiger partial charge in [0.2, 0.25) is 0 Å². The minimum absolute atomic E-state index is 0.102. The fraction of sp³-hybridized carbons (Fsp3) is 0.778. The van der Waals surface area contributed by atoms with Crippen LogP contribution in [0, 0.1) is 5.92 Å². The van der Waals surface area contributed by atoms with Crippen LogP contribution in [-0.4, -0.2) is 11.7 Å². The molecule has 0 aromatic carbocycles. The van der Waals surface area contributed by atoms with Crippen LogP contribution in [0.2, 0.25) is 0 Å². The van der Waals surface area contributed by atoms with Crippen molar-refractivity contribution < 1.29 is 4.39 Å². The quantitative estimate of drug-likeness (QED) is 0.676. The molecule has 76 valence electrons. The van der Waals surface area contributed by atoms with E-state index in [2.05, 4.69) is 0 Å². The predicted octanol–water partition coefficient (Wildman–Crippen LogP) is 1.96. The van der Waals surface area contributed by atoms with E-state index >= 15 is 0 Å². The summed E-state index contributed by atoms with van der Waals surface area (Å²) in [4.78, 5) is 1.18. The molecule has 0 heterocycles. The number of alkyl halides is 1. The summed E-state index contributed by atoms with van der Waals surface area (Å²) < 4.78 is 13.2. The first-order valence-corrected chi connectivity index (χ1v) is 5.39. The van der Waals surface area contributed by atoms with Crippen molar-refractivity contribution in [2.45, 2.75) is 38.4 Å². The standard InChI is InChI=1S/C9H17FN2S/c1-5-4-8(13-9(11)12)6(2)3-7(5)10/h5,7,9H,3-4,11-12H2,1-2H3. The maximum absolute atomic E-state index is 13.2. The fourth-order valence-corrected chi connectivity index (χ4v) is 2.49. The second-order valence-electron chi connectivity index (χ2n) is 3.69. The van der Waals surface area contributed by atoms with Crippen LogP contribution in [0.1, 0.15) is 26.7 Å². The second-order valence-corrected chi connectivity index (χ2v) is 4.96. The molecule has 1 rings (SSSR count). The molecule has 13 heavy (non-hydrogen) atoms. The SMILES string of the molecule is CC1=C(SC(N)N)CC(C)C(F)C1. The molecule has 0 saturated carbocycles. The molecule has 0 aromatic heterocycles. The lowest BCUT2D eigenvalue weighted by Crippen LogP contribution is -2.28. The summed E-state index contributed by atoms with van der Waals surface area (Å²) in [6.07, 6.45) is 0.622. The maximum Gasteiger partial charge on any atom is 0.107 e. The van der Waals surface area contributed by atoms with Crippen LogP contribution in [0.25, 0.3) is 0 Å². The largest absolute Gasteiger partial charge is 0.307 e. The van der Waals surface area contributed by atoms with Crippen molar-refractivity contribution in [3.8, 4) is 0 Å². The second kappa shape index (κ2) is 4.44. The zero-order valence-electron chi connectivity index (χ0n) is 8.09. The van der Waals surface area contributed by atoms with Gasteiger partial charge in [-0.2, -0.15) is 0 Å². The average molecular weight is 204 g/mol. The van der Waals surface area contributed by atoms with E-state index in [9.17, 15) is 4.39 Å². The highest BCUT2D eigenvalue weighted by Crippen LogP contribution is 2.37. The Morgan fingerprint density at radius 1 is 1.46 bits per heavy atom. The monoisotopic (exact) mass is 204 g/mol. The highest BCUT2D eigenvalue weighted by Gasteiger charge is 2.25. The van der Waals surface area contributed by atoms with Gasteiger partial charge in [-0.1, -0.05) is 24.3 Å². The van der Waals surface area contributed by atoms with Gasteiger partial charge >= 0.3 is 0 Å². The number of nitrogens with two attached hydrogens (primary N) is 2. The Balaban J connectivity index is 2.66. The van der Waals surface area contributed by atoms with Crippen molar-refractivity contribution in [1.29, 1.82) is 0 Å². The van der Waals surface area contributed by atoms with Crippen molar-refractivity contribution >= 4 is 11.8 Å². The van der Waals surface area contributed by atoms with Crippen LogP contribution >= 0.6 is 11.8 Å². The summed E-state index contributed by atoms with van der Waals surface area (Å²) in [5, 5.41) is 0. The summed E-state index contributed by atoms with van der Waals surface area (Å²) in [7, 11) is 0. The van der Waals surface area contributed by atoms with E-state index in [1.165, 1.54) is 16.7 Å². The lowest BCUT2D eigenvalue weighted by Gasteiger charge is -2.26. The molecule has 0 radical (unpaired) electrons. The Hall–Kier alpha value is -0.0600. The molecule has 2 unspecified atom stereocenters. The molecule has 4 N–H and O–H groups in total. The Bertz CT molecular complexity index is 216. The molecule has 1 aliphatic carbocycles. The molecular formula is C9H17FN2S. The maximum atomic E-state index is 13.2. The number of allylic oxidation sites excluding steroid dienone is 2. The van der Waals surface area contributed by atoms with Crippen LogP contribution in [0.15, 0.2) is 10.5 Å². The third-order valence-electron chi connectivity index (χ3n) is 2.38. The van der Waals surface area contributed by atoms with Gasteiger partial charge in [0.25, 0.3) is 0 Å². The highest BCUT2D eigenvalue weighted by molar-refractivity contribution is 8.03. The molecule has 2 nitrogen and oxygen atoms in total. The van der Waals surface area contributed by atoms with E-state index in [1.54, 1.807) is 0 Å². The average Bonchev–Trinajstić information content (AvgIpc) is 1.99. The molecule has 4 heteroatoms. The smallest absolute Gasteiger partial charge is 0.107 e. The third kappa shape index (κ3) is 2.97. The molecule has 0 bridgehead atoms. The van der Waals surface area contributed by atoms with Gasteiger partial charge in [-0.15, -0.1) is 0 Å². The van der Waals surface area contributed by atoms with Crippen molar-refractivity contribution in [3.05, 3.63) is 10.5 Å².